The molecule has 4 fully saturated rings. The third-order valence-corrected chi connectivity index (χ3v) is 8.70. The standard InChI is InChI=1S/C20H28O6/c1-11-8-19-9-20(11,26)7-4-12(19)18(10-21)6-3-5-17(2,16(24)25)14(18)13(19)15(22)23/h12-14,21,26H,1,3-10H2,2H3,(H,22,23)(H,24,25)/t12-,13+,14+,17+,18+,19-,20-/m0/s1. The van der Waals surface area contributed by atoms with E-state index in [1.54, 1.807) is 6.92 Å². The number of rotatable bonds is 3. The topological polar surface area (TPSA) is 115 Å². The summed E-state index contributed by atoms with van der Waals surface area (Å²) in [5, 5.41) is 41.7. The van der Waals surface area contributed by atoms with E-state index >= 15 is 0 Å². The third-order valence-electron chi connectivity index (χ3n) is 8.70. The highest BCUT2D eigenvalue weighted by atomic mass is 16.4. The summed E-state index contributed by atoms with van der Waals surface area (Å²) in [5.41, 5.74) is -2.97. The zero-order valence-corrected chi connectivity index (χ0v) is 15.2. The molecule has 0 aliphatic heterocycles. The Bertz CT molecular complexity index is 702. The number of fused-ring (bicyclic) bond motifs is 3. The average molecular weight is 364 g/mol. The van der Waals surface area contributed by atoms with E-state index in [-0.39, 0.29) is 12.5 Å². The van der Waals surface area contributed by atoms with E-state index in [9.17, 15) is 30.0 Å². The van der Waals surface area contributed by atoms with Crippen LogP contribution in [0.15, 0.2) is 12.2 Å². The number of aliphatic carboxylic acids is 2. The number of hydrogen-bond donors (Lipinski definition) is 4. The Labute approximate surface area is 152 Å². The molecule has 0 unspecified atom stereocenters. The zero-order valence-electron chi connectivity index (χ0n) is 15.2. The summed E-state index contributed by atoms with van der Waals surface area (Å²) in [6.07, 6.45) is 3.62. The van der Waals surface area contributed by atoms with E-state index in [1.165, 1.54) is 0 Å². The van der Waals surface area contributed by atoms with Gasteiger partial charge in [-0.05, 0) is 68.3 Å². The summed E-state index contributed by atoms with van der Waals surface area (Å²) >= 11 is 0. The van der Waals surface area contributed by atoms with Gasteiger partial charge in [0.25, 0.3) is 0 Å². The molecular weight excluding hydrogens is 336 g/mol. The Morgan fingerprint density at radius 2 is 1.92 bits per heavy atom. The average Bonchev–Trinajstić information content (AvgIpc) is 2.92. The summed E-state index contributed by atoms with van der Waals surface area (Å²) in [6.45, 7) is 5.50. The minimum absolute atomic E-state index is 0.0930. The minimum Gasteiger partial charge on any atom is -0.481 e. The van der Waals surface area contributed by atoms with Gasteiger partial charge >= 0.3 is 11.9 Å². The van der Waals surface area contributed by atoms with Gasteiger partial charge in [-0.25, -0.2) is 0 Å². The molecule has 0 aromatic rings. The van der Waals surface area contributed by atoms with Crippen LogP contribution in [0.1, 0.15) is 51.9 Å². The van der Waals surface area contributed by atoms with Crippen LogP contribution in [0.2, 0.25) is 0 Å². The Balaban J connectivity index is 1.97. The molecule has 4 aliphatic rings. The molecule has 7 atom stereocenters. The van der Waals surface area contributed by atoms with Crippen LogP contribution in [0.4, 0.5) is 0 Å². The van der Waals surface area contributed by atoms with Crippen molar-refractivity contribution in [1.29, 1.82) is 0 Å². The molecule has 4 rings (SSSR count). The van der Waals surface area contributed by atoms with Crippen molar-refractivity contribution in [3.63, 3.8) is 0 Å². The molecule has 144 valence electrons. The van der Waals surface area contributed by atoms with Crippen LogP contribution >= 0.6 is 0 Å². The van der Waals surface area contributed by atoms with Crippen LogP contribution < -0.4 is 0 Å². The highest BCUT2D eigenvalue weighted by Gasteiger charge is 2.78. The Morgan fingerprint density at radius 3 is 2.50 bits per heavy atom. The molecule has 1 spiro atoms. The molecule has 4 aliphatic carbocycles. The summed E-state index contributed by atoms with van der Waals surface area (Å²) in [7, 11) is 0. The van der Waals surface area contributed by atoms with E-state index in [0.29, 0.717) is 50.5 Å². The second-order valence-electron chi connectivity index (χ2n) is 9.57. The smallest absolute Gasteiger partial charge is 0.309 e. The lowest BCUT2D eigenvalue weighted by molar-refractivity contribution is -0.169. The zero-order chi connectivity index (χ0) is 19.1. The highest BCUT2D eigenvalue weighted by Crippen LogP contribution is 2.78. The second-order valence-corrected chi connectivity index (χ2v) is 9.57. The predicted molar refractivity (Wildman–Crippen MR) is 92.2 cm³/mol. The van der Waals surface area contributed by atoms with Crippen molar-refractivity contribution in [2.45, 2.75) is 57.5 Å². The Kier molecular flexibility index (Phi) is 3.53. The Morgan fingerprint density at radius 1 is 1.23 bits per heavy atom. The van der Waals surface area contributed by atoms with E-state index in [4.69, 9.17) is 0 Å². The first kappa shape index (κ1) is 18.0. The van der Waals surface area contributed by atoms with Crippen molar-refractivity contribution in [3.8, 4) is 0 Å². The summed E-state index contributed by atoms with van der Waals surface area (Å²) in [6, 6.07) is 0. The molecule has 26 heavy (non-hydrogen) atoms. The Hall–Kier alpha value is -1.40. The quantitative estimate of drug-likeness (QED) is 0.570. The predicted octanol–water partition coefficient (Wildman–Crippen LogP) is 2.05. The molecule has 4 N–H and O–H groups in total. The first-order valence-electron chi connectivity index (χ1n) is 9.55. The maximum Gasteiger partial charge on any atom is 0.309 e. The summed E-state index contributed by atoms with van der Waals surface area (Å²) < 4.78 is 0. The lowest BCUT2D eigenvalue weighted by Gasteiger charge is -2.51. The molecule has 0 amide bonds. The summed E-state index contributed by atoms with van der Waals surface area (Å²) in [4.78, 5) is 24.7. The fourth-order valence-electron chi connectivity index (χ4n) is 7.84. The SMILES string of the molecule is C=C1C[C@]23C[C@@]1(O)CC[C@H]2[C@]1(CO)CCC[C@@](C)(C(=O)O)[C@H]1[C@@H]3C(=O)O. The molecule has 0 aromatic carbocycles. The molecule has 4 saturated carbocycles. The van der Waals surface area contributed by atoms with Crippen molar-refractivity contribution in [3.05, 3.63) is 12.2 Å². The van der Waals surface area contributed by atoms with Gasteiger partial charge in [0, 0.05) is 12.0 Å². The maximum atomic E-state index is 12.5. The van der Waals surface area contributed by atoms with E-state index < -0.39 is 45.6 Å². The van der Waals surface area contributed by atoms with Gasteiger partial charge in [0.1, 0.15) is 0 Å². The van der Waals surface area contributed by atoms with Gasteiger partial charge in [-0.15, -0.1) is 0 Å². The molecule has 0 saturated heterocycles. The van der Waals surface area contributed by atoms with Crippen LogP contribution in [-0.2, 0) is 9.59 Å². The van der Waals surface area contributed by atoms with Gasteiger partial charge in [-0.1, -0.05) is 13.0 Å². The van der Waals surface area contributed by atoms with Crippen LogP contribution in [0.25, 0.3) is 0 Å². The van der Waals surface area contributed by atoms with Crippen molar-refractivity contribution < 1.29 is 30.0 Å². The highest BCUT2D eigenvalue weighted by molar-refractivity contribution is 5.79. The molecular formula is C20H28O6. The molecule has 6 nitrogen and oxygen atoms in total. The van der Waals surface area contributed by atoms with Gasteiger partial charge in [0.15, 0.2) is 0 Å². The fraction of sp³-hybridized carbons (Fsp3) is 0.800. The van der Waals surface area contributed by atoms with Crippen LogP contribution in [0, 0.1) is 34.0 Å². The first-order chi connectivity index (χ1) is 12.1. The molecule has 2 bridgehead atoms. The lowest BCUT2D eigenvalue weighted by atomic mass is 9.52. The van der Waals surface area contributed by atoms with Gasteiger partial charge in [0.2, 0.25) is 0 Å². The van der Waals surface area contributed by atoms with Gasteiger partial charge in [0.05, 0.1) is 16.9 Å². The maximum absolute atomic E-state index is 12.5. The van der Waals surface area contributed by atoms with Crippen molar-refractivity contribution in [2.24, 2.45) is 34.0 Å². The van der Waals surface area contributed by atoms with E-state index in [2.05, 4.69) is 6.58 Å². The normalized spacial score (nSPS) is 52.4. The van der Waals surface area contributed by atoms with Crippen molar-refractivity contribution >= 4 is 11.9 Å². The number of carboxylic acids is 2. The van der Waals surface area contributed by atoms with Gasteiger partial charge in [-0.3, -0.25) is 9.59 Å². The van der Waals surface area contributed by atoms with E-state index in [0.717, 1.165) is 0 Å². The van der Waals surface area contributed by atoms with Crippen molar-refractivity contribution in [2.75, 3.05) is 6.61 Å². The number of carbonyl (C=O) groups is 2. The van der Waals surface area contributed by atoms with Crippen molar-refractivity contribution in [1.82, 2.24) is 0 Å². The summed E-state index contributed by atoms with van der Waals surface area (Å²) in [5.74, 6) is -3.59. The first-order valence-corrected chi connectivity index (χ1v) is 9.55. The molecule has 0 aromatic heterocycles. The van der Waals surface area contributed by atoms with E-state index in [1.807, 2.05) is 0 Å². The van der Waals surface area contributed by atoms with Gasteiger partial charge < -0.3 is 20.4 Å². The molecule has 0 heterocycles. The number of aliphatic hydroxyl groups is 2. The lowest BCUT2D eigenvalue weighted by Crippen LogP contribution is -2.53. The van der Waals surface area contributed by atoms with Gasteiger partial charge in [-0.2, -0.15) is 0 Å². The fourth-order valence-corrected chi connectivity index (χ4v) is 7.84. The van der Waals surface area contributed by atoms with Crippen LogP contribution in [0.3, 0.4) is 0 Å². The van der Waals surface area contributed by atoms with Crippen LogP contribution in [0.5, 0.6) is 0 Å². The third kappa shape index (κ3) is 1.80. The molecule has 6 heteroatoms. The second kappa shape index (κ2) is 5.10. The number of aliphatic hydroxyl groups excluding tert-OH is 1. The number of hydrogen-bond acceptors (Lipinski definition) is 4. The minimum atomic E-state index is -1.18. The monoisotopic (exact) mass is 364 g/mol. The largest absolute Gasteiger partial charge is 0.481 e. The molecule has 0 radical (unpaired) electrons. The van der Waals surface area contributed by atoms with Crippen LogP contribution in [-0.4, -0.2) is 44.6 Å². The number of carboxylic acid groups (broad SMARTS) is 2.